The van der Waals surface area contributed by atoms with Gasteiger partial charge in [0, 0.05) is 24.1 Å². The summed E-state index contributed by atoms with van der Waals surface area (Å²) in [6, 6.07) is 15.9. The molecule has 24 heavy (non-hydrogen) atoms. The van der Waals surface area contributed by atoms with Gasteiger partial charge in [-0.05, 0) is 23.3 Å². The van der Waals surface area contributed by atoms with Gasteiger partial charge in [-0.1, -0.05) is 36.4 Å². The summed E-state index contributed by atoms with van der Waals surface area (Å²) in [6.45, 7) is 0.489. The predicted molar refractivity (Wildman–Crippen MR) is 96.4 cm³/mol. The Hall–Kier alpha value is -2.53. The molecule has 2 aromatic heterocycles. The highest BCUT2D eigenvalue weighted by molar-refractivity contribution is 7.99. The van der Waals surface area contributed by atoms with Crippen LogP contribution in [0.2, 0.25) is 0 Å². The molecular formula is C19H18N2O2S. The molecule has 3 aromatic rings. The predicted octanol–water partition coefficient (Wildman–Crippen LogP) is 3.89. The van der Waals surface area contributed by atoms with E-state index >= 15 is 0 Å². The Morgan fingerprint density at radius 1 is 1.08 bits per heavy atom. The Morgan fingerprint density at radius 2 is 1.96 bits per heavy atom. The van der Waals surface area contributed by atoms with Crippen molar-refractivity contribution in [2.45, 2.75) is 12.3 Å². The van der Waals surface area contributed by atoms with Crippen LogP contribution in [0.25, 0.3) is 11.3 Å². The number of benzene rings is 1. The summed E-state index contributed by atoms with van der Waals surface area (Å²) in [4.78, 5) is 16.3. The van der Waals surface area contributed by atoms with E-state index in [1.807, 2.05) is 36.4 Å². The number of aromatic nitrogens is 1. The van der Waals surface area contributed by atoms with Gasteiger partial charge in [-0.25, -0.2) is 0 Å². The van der Waals surface area contributed by atoms with Gasteiger partial charge in [0.25, 0.3) is 0 Å². The largest absolute Gasteiger partial charge is 0.472 e. The second kappa shape index (κ2) is 8.36. The molecule has 0 fully saturated rings. The average molecular weight is 338 g/mol. The minimum Gasteiger partial charge on any atom is -0.472 e. The van der Waals surface area contributed by atoms with Crippen LogP contribution in [0.5, 0.6) is 0 Å². The zero-order valence-electron chi connectivity index (χ0n) is 13.1. The molecule has 0 saturated heterocycles. The highest BCUT2D eigenvalue weighted by Gasteiger charge is 2.04. The van der Waals surface area contributed by atoms with E-state index in [0.717, 1.165) is 22.6 Å². The van der Waals surface area contributed by atoms with Gasteiger partial charge < -0.3 is 9.73 Å². The van der Waals surface area contributed by atoms with Crippen LogP contribution in [0.15, 0.2) is 71.7 Å². The third-order valence-corrected chi connectivity index (χ3v) is 4.48. The Morgan fingerprint density at radius 3 is 2.67 bits per heavy atom. The standard InChI is InChI=1S/C19H18N2O2S/c22-19(14-24-13-15-4-2-1-3-5-15)21-11-16-6-7-18(20-10-16)17-8-9-23-12-17/h1-10,12H,11,13-14H2,(H,21,22). The molecule has 2 heterocycles. The van der Waals surface area contributed by atoms with Crippen molar-refractivity contribution in [2.75, 3.05) is 5.75 Å². The summed E-state index contributed by atoms with van der Waals surface area (Å²) in [7, 11) is 0. The minimum absolute atomic E-state index is 0.0369. The van der Waals surface area contributed by atoms with Crippen LogP contribution < -0.4 is 5.32 Å². The van der Waals surface area contributed by atoms with Crippen LogP contribution in [0.3, 0.4) is 0 Å². The Bertz CT molecular complexity index is 756. The number of amides is 1. The fourth-order valence-corrected chi connectivity index (χ4v) is 3.02. The second-order valence-electron chi connectivity index (χ2n) is 5.32. The zero-order valence-corrected chi connectivity index (χ0v) is 14.0. The van der Waals surface area contributed by atoms with Gasteiger partial charge in [0.15, 0.2) is 0 Å². The molecule has 0 aliphatic rings. The van der Waals surface area contributed by atoms with Crippen LogP contribution in [-0.2, 0) is 17.1 Å². The number of carbonyl (C=O) groups excluding carboxylic acids is 1. The number of hydrogen-bond donors (Lipinski definition) is 1. The Labute approximate surface area is 145 Å². The van der Waals surface area contributed by atoms with E-state index in [9.17, 15) is 4.79 Å². The van der Waals surface area contributed by atoms with Crippen molar-refractivity contribution in [3.05, 3.63) is 78.4 Å². The van der Waals surface area contributed by atoms with E-state index < -0.39 is 0 Å². The molecule has 0 radical (unpaired) electrons. The molecule has 0 atom stereocenters. The zero-order chi connectivity index (χ0) is 16.6. The van der Waals surface area contributed by atoms with Gasteiger partial charge in [-0.3, -0.25) is 9.78 Å². The van der Waals surface area contributed by atoms with Gasteiger partial charge in [-0.15, -0.1) is 11.8 Å². The maximum atomic E-state index is 11.9. The first kappa shape index (κ1) is 16.3. The Kier molecular flexibility index (Phi) is 5.69. The van der Waals surface area contributed by atoms with Crippen molar-refractivity contribution >= 4 is 17.7 Å². The van der Waals surface area contributed by atoms with Crippen LogP contribution in [-0.4, -0.2) is 16.6 Å². The van der Waals surface area contributed by atoms with Crippen molar-refractivity contribution in [1.82, 2.24) is 10.3 Å². The number of hydrogen-bond acceptors (Lipinski definition) is 4. The summed E-state index contributed by atoms with van der Waals surface area (Å²) in [5, 5.41) is 2.92. The molecule has 3 rings (SSSR count). The van der Waals surface area contributed by atoms with Gasteiger partial charge >= 0.3 is 0 Å². The first-order chi connectivity index (χ1) is 11.8. The monoisotopic (exact) mass is 338 g/mol. The normalized spacial score (nSPS) is 10.5. The van der Waals surface area contributed by atoms with Gasteiger partial charge in [0.2, 0.25) is 5.91 Å². The van der Waals surface area contributed by atoms with Crippen LogP contribution in [0, 0.1) is 0 Å². The van der Waals surface area contributed by atoms with Crippen LogP contribution in [0.1, 0.15) is 11.1 Å². The highest BCUT2D eigenvalue weighted by atomic mass is 32.2. The summed E-state index contributed by atoms with van der Waals surface area (Å²) in [5.74, 6) is 1.33. The van der Waals surface area contributed by atoms with Gasteiger partial charge in [0.05, 0.1) is 24.0 Å². The third-order valence-electron chi connectivity index (χ3n) is 3.48. The topological polar surface area (TPSA) is 55.1 Å². The lowest BCUT2D eigenvalue weighted by Gasteiger charge is -2.06. The number of nitrogens with zero attached hydrogens (tertiary/aromatic N) is 1. The lowest BCUT2D eigenvalue weighted by Crippen LogP contribution is -2.24. The molecule has 122 valence electrons. The van der Waals surface area contributed by atoms with Crippen molar-refractivity contribution in [3.8, 4) is 11.3 Å². The molecular weight excluding hydrogens is 320 g/mol. The van der Waals surface area contributed by atoms with E-state index in [0.29, 0.717) is 12.3 Å². The lowest BCUT2D eigenvalue weighted by molar-refractivity contribution is -0.118. The maximum Gasteiger partial charge on any atom is 0.230 e. The van der Waals surface area contributed by atoms with E-state index in [1.54, 1.807) is 30.5 Å². The van der Waals surface area contributed by atoms with E-state index in [4.69, 9.17) is 4.42 Å². The van der Waals surface area contributed by atoms with Crippen LogP contribution in [0.4, 0.5) is 0 Å². The third kappa shape index (κ3) is 4.73. The number of thioether (sulfide) groups is 1. The second-order valence-corrected chi connectivity index (χ2v) is 6.30. The molecule has 0 aliphatic carbocycles. The molecule has 1 aromatic carbocycles. The molecule has 0 spiro atoms. The number of carbonyl (C=O) groups is 1. The molecule has 0 bridgehead atoms. The Balaban J connectivity index is 1.41. The molecule has 0 saturated carbocycles. The summed E-state index contributed by atoms with van der Waals surface area (Å²) in [5.41, 5.74) is 4.01. The van der Waals surface area contributed by atoms with Crippen molar-refractivity contribution < 1.29 is 9.21 Å². The molecule has 1 N–H and O–H groups in total. The first-order valence-corrected chi connectivity index (χ1v) is 8.82. The lowest BCUT2D eigenvalue weighted by atomic mass is 10.2. The number of rotatable bonds is 7. The smallest absolute Gasteiger partial charge is 0.230 e. The number of nitrogens with one attached hydrogen (secondary N) is 1. The van der Waals surface area contributed by atoms with Crippen molar-refractivity contribution in [2.24, 2.45) is 0 Å². The molecule has 4 nitrogen and oxygen atoms in total. The summed E-state index contributed by atoms with van der Waals surface area (Å²) in [6.07, 6.45) is 5.06. The van der Waals surface area contributed by atoms with Crippen molar-refractivity contribution in [1.29, 1.82) is 0 Å². The minimum atomic E-state index is 0.0369. The maximum absolute atomic E-state index is 11.9. The van der Waals surface area contributed by atoms with Crippen molar-refractivity contribution in [3.63, 3.8) is 0 Å². The quantitative estimate of drug-likeness (QED) is 0.710. The molecule has 5 heteroatoms. The fourth-order valence-electron chi connectivity index (χ4n) is 2.20. The van der Waals surface area contributed by atoms with E-state index in [2.05, 4.69) is 22.4 Å². The average Bonchev–Trinajstić information content (AvgIpc) is 3.16. The first-order valence-electron chi connectivity index (χ1n) is 7.67. The number of pyridine rings is 1. The van der Waals surface area contributed by atoms with Crippen LogP contribution >= 0.6 is 11.8 Å². The van der Waals surface area contributed by atoms with E-state index in [1.165, 1.54) is 5.56 Å². The summed E-state index contributed by atoms with van der Waals surface area (Å²) < 4.78 is 5.05. The molecule has 1 amide bonds. The number of furan rings is 1. The van der Waals surface area contributed by atoms with Gasteiger partial charge in [-0.2, -0.15) is 0 Å². The summed E-state index contributed by atoms with van der Waals surface area (Å²) >= 11 is 1.61. The molecule has 0 aliphatic heterocycles. The molecule has 0 unspecified atom stereocenters. The highest BCUT2D eigenvalue weighted by Crippen LogP contribution is 2.17. The SMILES string of the molecule is O=C(CSCc1ccccc1)NCc1ccc(-c2ccoc2)nc1. The van der Waals surface area contributed by atoms with E-state index in [-0.39, 0.29) is 5.91 Å². The van der Waals surface area contributed by atoms with Gasteiger partial charge in [0.1, 0.15) is 0 Å². The fraction of sp³-hybridized carbons (Fsp3) is 0.158.